The van der Waals surface area contributed by atoms with Gasteiger partial charge in [0, 0.05) is 6.42 Å². The highest BCUT2D eigenvalue weighted by Gasteiger charge is 2.23. The van der Waals surface area contributed by atoms with Gasteiger partial charge in [-0.05, 0) is 24.6 Å². The van der Waals surface area contributed by atoms with Crippen LogP contribution in [0, 0.1) is 11.6 Å². The molecule has 6 nitrogen and oxygen atoms in total. The van der Waals surface area contributed by atoms with Gasteiger partial charge in [0.2, 0.25) is 5.91 Å². The van der Waals surface area contributed by atoms with Crippen LogP contribution in [0.1, 0.15) is 23.2 Å². The second-order valence-corrected chi connectivity index (χ2v) is 3.99. The van der Waals surface area contributed by atoms with Crippen LogP contribution >= 0.6 is 0 Å². The largest absolute Gasteiger partial charge is 0.480 e. The first-order valence-electron chi connectivity index (χ1n) is 5.58. The quantitative estimate of drug-likeness (QED) is 0.703. The molecule has 1 aromatic rings. The third-order valence-electron chi connectivity index (χ3n) is 2.46. The molecule has 0 saturated heterocycles. The molecular weight excluding hydrogens is 274 g/mol. The fourth-order valence-electron chi connectivity index (χ4n) is 1.45. The van der Waals surface area contributed by atoms with E-state index in [4.69, 9.17) is 10.8 Å². The highest BCUT2D eigenvalue weighted by Crippen LogP contribution is 2.10. The minimum absolute atomic E-state index is 0.243. The molecule has 0 bridgehead atoms. The van der Waals surface area contributed by atoms with Gasteiger partial charge in [-0.3, -0.25) is 9.59 Å². The van der Waals surface area contributed by atoms with Gasteiger partial charge in [0.25, 0.3) is 5.91 Å². The number of carbonyl (C=O) groups is 3. The third-order valence-corrected chi connectivity index (χ3v) is 2.46. The van der Waals surface area contributed by atoms with Crippen molar-refractivity contribution in [1.29, 1.82) is 0 Å². The number of nitrogens with one attached hydrogen (secondary N) is 1. The molecule has 20 heavy (non-hydrogen) atoms. The monoisotopic (exact) mass is 286 g/mol. The number of rotatable bonds is 6. The highest BCUT2D eigenvalue weighted by atomic mass is 19.1. The molecule has 0 unspecified atom stereocenters. The molecule has 0 radical (unpaired) electrons. The maximum atomic E-state index is 13.3. The predicted octanol–water partition coefficient (Wildman–Crippen LogP) is 0.413. The molecule has 0 fully saturated rings. The van der Waals surface area contributed by atoms with Crippen LogP contribution in [-0.4, -0.2) is 28.9 Å². The first-order valence-corrected chi connectivity index (χ1v) is 5.58. The van der Waals surface area contributed by atoms with Gasteiger partial charge >= 0.3 is 5.97 Å². The summed E-state index contributed by atoms with van der Waals surface area (Å²) in [6.07, 6.45) is -0.504. The number of hydrogen-bond donors (Lipinski definition) is 3. The molecular formula is C12H12F2N2O4. The topological polar surface area (TPSA) is 109 Å². The Bertz CT molecular complexity index is 548. The van der Waals surface area contributed by atoms with E-state index in [1.807, 2.05) is 5.32 Å². The molecule has 0 spiro atoms. The van der Waals surface area contributed by atoms with E-state index in [2.05, 4.69) is 0 Å². The lowest BCUT2D eigenvalue weighted by Crippen LogP contribution is -2.41. The van der Waals surface area contributed by atoms with Crippen LogP contribution < -0.4 is 11.1 Å². The van der Waals surface area contributed by atoms with Crippen molar-refractivity contribution in [2.75, 3.05) is 0 Å². The maximum absolute atomic E-state index is 13.3. The summed E-state index contributed by atoms with van der Waals surface area (Å²) >= 11 is 0. The molecule has 0 saturated carbocycles. The molecule has 8 heteroatoms. The third kappa shape index (κ3) is 4.30. The Morgan fingerprint density at radius 3 is 2.50 bits per heavy atom. The summed E-state index contributed by atoms with van der Waals surface area (Å²) in [5.41, 5.74) is 4.26. The normalized spacial score (nSPS) is 11.7. The van der Waals surface area contributed by atoms with Crippen LogP contribution in [0.15, 0.2) is 18.2 Å². The number of hydrogen-bond acceptors (Lipinski definition) is 3. The van der Waals surface area contributed by atoms with Crippen LogP contribution in [0.25, 0.3) is 0 Å². The molecule has 108 valence electrons. The van der Waals surface area contributed by atoms with Crippen LogP contribution in [-0.2, 0) is 9.59 Å². The van der Waals surface area contributed by atoms with Gasteiger partial charge in [-0.1, -0.05) is 0 Å². The predicted molar refractivity (Wildman–Crippen MR) is 63.7 cm³/mol. The molecule has 4 N–H and O–H groups in total. The lowest BCUT2D eigenvalue weighted by molar-refractivity contribution is -0.139. The summed E-state index contributed by atoms with van der Waals surface area (Å²) in [7, 11) is 0. The summed E-state index contributed by atoms with van der Waals surface area (Å²) in [6, 6.07) is 0.812. The van der Waals surface area contributed by atoms with Gasteiger partial charge in [0.1, 0.15) is 17.7 Å². The van der Waals surface area contributed by atoms with Crippen molar-refractivity contribution in [3.05, 3.63) is 35.4 Å². The molecule has 1 aromatic carbocycles. The second kappa shape index (κ2) is 6.60. The first-order chi connectivity index (χ1) is 9.31. The molecule has 2 amide bonds. The summed E-state index contributed by atoms with van der Waals surface area (Å²) in [5, 5.41) is 10.9. The maximum Gasteiger partial charge on any atom is 0.326 e. The molecule has 0 aliphatic carbocycles. The van der Waals surface area contributed by atoms with E-state index in [0.717, 1.165) is 12.1 Å². The zero-order chi connectivity index (χ0) is 15.3. The van der Waals surface area contributed by atoms with E-state index in [1.165, 1.54) is 0 Å². The number of carboxylic acids is 1. The number of halogens is 2. The molecule has 0 aromatic heterocycles. The molecule has 1 atom stereocenters. The number of primary amides is 1. The number of nitrogens with two attached hydrogens (primary N) is 1. The minimum Gasteiger partial charge on any atom is -0.480 e. The molecule has 0 aliphatic heterocycles. The fourth-order valence-corrected chi connectivity index (χ4v) is 1.45. The summed E-state index contributed by atoms with van der Waals surface area (Å²) in [5.74, 6) is -5.04. The van der Waals surface area contributed by atoms with Crippen molar-refractivity contribution in [3.8, 4) is 0 Å². The Labute approximate surface area is 112 Å². The van der Waals surface area contributed by atoms with Gasteiger partial charge < -0.3 is 16.2 Å². The molecule has 0 heterocycles. The van der Waals surface area contributed by atoms with E-state index in [1.54, 1.807) is 0 Å². The Kier molecular flexibility index (Phi) is 5.13. The number of aliphatic carboxylic acids is 1. The van der Waals surface area contributed by atoms with Crippen molar-refractivity contribution >= 4 is 17.8 Å². The molecule has 1 rings (SSSR count). The lowest BCUT2D eigenvalue weighted by Gasteiger charge is -2.14. The van der Waals surface area contributed by atoms with E-state index >= 15 is 0 Å². The lowest BCUT2D eigenvalue weighted by atomic mass is 10.1. The number of amides is 2. The summed E-state index contributed by atoms with van der Waals surface area (Å²) in [4.78, 5) is 33.2. The highest BCUT2D eigenvalue weighted by molar-refractivity contribution is 5.96. The van der Waals surface area contributed by atoms with Crippen LogP contribution in [0.4, 0.5) is 8.78 Å². The summed E-state index contributed by atoms with van der Waals surface area (Å²) < 4.78 is 26.3. The van der Waals surface area contributed by atoms with Crippen LogP contribution in [0.3, 0.4) is 0 Å². The molecule has 0 aliphatic rings. The SMILES string of the molecule is NC(=O)CC[C@H](NC(=O)c1cc(F)ccc1F)C(=O)O. The second-order valence-electron chi connectivity index (χ2n) is 3.99. The Morgan fingerprint density at radius 2 is 1.95 bits per heavy atom. The van der Waals surface area contributed by atoms with Gasteiger partial charge in [-0.15, -0.1) is 0 Å². The average Bonchev–Trinajstić information content (AvgIpc) is 2.36. The Morgan fingerprint density at radius 1 is 1.30 bits per heavy atom. The minimum atomic E-state index is -1.42. The van der Waals surface area contributed by atoms with Crippen LogP contribution in [0.5, 0.6) is 0 Å². The van der Waals surface area contributed by atoms with Gasteiger partial charge in [-0.25, -0.2) is 13.6 Å². The zero-order valence-electron chi connectivity index (χ0n) is 10.2. The number of carbonyl (C=O) groups excluding carboxylic acids is 2. The van der Waals surface area contributed by atoms with E-state index in [-0.39, 0.29) is 12.8 Å². The smallest absolute Gasteiger partial charge is 0.326 e. The average molecular weight is 286 g/mol. The first kappa shape index (κ1) is 15.5. The van der Waals surface area contributed by atoms with Crippen LogP contribution in [0.2, 0.25) is 0 Å². The van der Waals surface area contributed by atoms with E-state index in [0.29, 0.717) is 6.07 Å². The number of carboxylic acid groups (broad SMARTS) is 1. The van der Waals surface area contributed by atoms with E-state index in [9.17, 15) is 23.2 Å². The Hall–Kier alpha value is -2.51. The zero-order valence-corrected chi connectivity index (χ0v) is 10.2. The van der Waals surface area contributed by atoms with Crippen molar-refractivity contribution < 1.29 is 28.3 Å². The van der Waals surface area contributed by atoms with Crippen molar-refractivity contribution in [1.82, 2.24) is 5.32 Å². The van der Waals surface area contributed by atoms with Gasteiger partial charge in [-0.2, -0.15) is 0 Å². The fraction of sp³-hybridized carbons (Fsp3) is 0.250. The van der Waals surface area contributed by atoms with Crippen molar-refractivity contribution in [2.45, 2.75) is 18.9 Å². The Balaban J connectivity index is 2.82. The van der Waals surface area contributed by atoms with Gasteiger partial charge in [0.15, 0.2) is 0 Å². The van der Waals surface area contributed by atoms with E-state index < -0.39 is 41.0 Å². The van der Waals surface area contributed by atoms with Crippen molar-refractivity contribution in [3.63, 3.8) is 0 Å². The van der Waals surface area contributed by atoms with Crippen molar-refractivity contribution in [2.24, 2.45) is 5.73 Å². The standard InChI is InChI=1S/C12H12F2N2O4/c13-6-1-2-8(14)7(5-6)11(18)16-9(12(19)20)3-4-10(15)17/h1-2,5,9H,3-4H2,(H2,15,17)(H,16,18)(H,19,20)/t9-/m0/s1. The summed E-state index contributed by atoms with van der Waals surface area (Å²) in [6.45, 7) is 0. The number of benzene rings is 1. The van der Waals surface area contributed by atoms with Gasteiger partial charge in [0.05, 0.1) is 5.56 Å².